The van der Waals surface area contributed by atoms with Crippen LogP contribution in [0.3, 0.4) is 0 Å². The van der Waals surface area contributed by atoms with E-state index >= 15 is 0 Å². The highest BCUT2D eigenvalue weighted by molar-refractivity contribution is 7.59. The van der Waals surface area contributed by atoms with Crippen LogP contribution in [0.5, 0.6) is 0 Å². The molecule has 0 amide bonds. The molecule has 1 nitrogen and oxygen atoms in total. The number of nitrogens with zero attached hydrogens (tertiary/aromatic N) is 1. The summed E-state index contributed by atoms with van der Waals surface area (Å²) in [6, 6.07) is 0.736. The summed E-state index contributed by atoms with van der Waals surface area (Å²) in [7, 11) is 4.39. The molecule has 0 unspecified atom stereocenters. The molecule has 0 aliphatic rings. The Hall–Kier alpha value is 0.310. The summed E-state index contributed by atoms with van der Waals surface area (Å²) in [5.41, 5.74) is 0.448. The predicted molar refractivity (Wildman–Crippen MR) is 71.4 cm³/mol. The van der Waals surface area contributed by atoms with E-state index in [1.165, 1.54) is 12.8 Å². The molecule has 0 heterocycles. The molecule has 0 spiro atoms. The third-order valence-electron chi connectivity index (χ3n) is 2.32. The lowest BCUT2D eigenvalue weighted by Crippen LogP contribution is -2.33. The molecule has 0 aliphatic carbocycles. The van der Waals surface area contributed by atoms with Crippen molar-refractivity contribution in [2.45, 2.75) is 53.5 Å². The number of hydrogen-bond donors (Lipinski definition) is 0. The molecule has 0 aromatic heterocycles. The summed E-state index contributed by atoms with van der Waals surface area (Å²) < 4.78 is 0. The minimum absolute atomic E-state index is 0. The summed E-state index contributed by atoms with van der Waals surface area (Å²) in [5.74, 6) is 0.801. The summed E-state index contributed by atoms with van der Waals surface area (Å²) >= 11 is 0. The van der Waals surface area contributed by atoms with Crippen molar-refractivity contribution in [1.82, 2.24) is 4.90 Å². The number of rotatable bonds is 4. The van der Waals surface area contributed by atoms with Crippen LogP contribution in [0.25, 0.3) is 0 Å². The molecule has 0 saturated carbocycles. The van der Waals surface area contributed by atoms with Crippen LogP contribution in [0.4, 0.5) is 0 Å². The number of hydrogen-bond acceptors (Lipinski definition) is 1. The highest BCUT2D eigenvalue weighted by Gasteiger charge is 2.20. The van der Waals surface area contributed by atoms with Gasteiger partial charge in [-0.05, 0) is 38.3 Å². The maximum absolute atomic E-state index is 2.37. The largest absolute Gasteiger partial charge is 0.306 e. The molecule has 0 bridgehead atoms. The molecule has 0 N–H and O–H groups in total. The zero-order chi connectivity index (χ0) is 10.6. The standard InChI is InChI=1S/C12H27N.H2S/c1-10(2)8-11(13(6)7)9-12(3,4)5;/h10-11H,8-9H2,1-7H3;1H2/t11-;/m0./s1. The molecule has 0 radical (unpaired) electrons. The molecule has 1 atom stereocenters. The van der Waals surface area contributed by atoms with Crippen molar-refractivity contribution in [3.8, 4) is 0 Å². The van der Waals surface area contributed by atoms with E-state index in [2.05, 4.69) is 53.6 Å². The Morgan fingerprint density at radius 2 is 1.50 bits per heavy atom. The molecule has 0 aromatic rings. The Bertz CT molecular complexity index is 136. The van der Waals surface area contributed by atoms with Gasteiger partial charge in [-0.2, -0.15) is 13.5 Å². The third kappa shape index (κ3) is 8.89. The lowest BCUT2D eigenvalue weighted by atomic mass is 9.85. The van der Waals surface area contributed by atoms with E-state index in [0.717, 1.165) is 12.0 Å². The fraction of sp³-hybridized carbons (Fsp3) is 1.00. The van der Waals surface area contributed by atoms with E-state index < -0.39 is 0 Å². The Morgan fingerprint density at radius 1 is 1.07 bits per heavy atom. The van der Waals surface area contributed by atoms with Crippen molar-refractivity contribution in [3.05, 3.63) is 0 Å². The van der Waals surface area contributed by atoms with Crippen LogP contribution in [-0.2, 0) is 0 Å². The zero-order valence-corrected chi connectivity index (χ0v) is 12.0. The van der Waals surface area contributed by atoms with Crippen molar-refractivity contribution in [2.24, 2.45) is 11.3 Å². The molecule has 88 valence electrons. The van der Waals surface area contributed by atoms with Crippen LogP contribution in [0.15, 0.2) is 0 Å². The first-order chi connectivity index (χ1) is 5.72. The van der Waals surface area contributed by atoms with E-state index in [9.17, 15) is 0 Å². The van der Waals surface area contributed by atoms with Gasteiger partial charge < -0.3 is 4.90 Å². The lowest BCUT2D eigenvalue weighted by Gasteiger charge is -2.32. The van der Waals surface area contributed by atoms with Gasteiger partial charge >= 0.3 is 0 Å². The van der Waals surface area contributed by atoms with E-state index in [-0.39, 0.29) is 13.5 Å². The Balaban J connectivity index is 0. The van der Waals surface area contributed by atoms with Gasteiger partial charge in [0.2, 0.25) is 0 Å². The second kappa shape index (κ2) is 6.73. The first-order valence-corrected chi connectivity index (χ1v) is 5.39. The zero-order valence-electron chi connectivity index (χ0n) is 11.0. The highest BCUT2D eigenvalue weighted by Crippen LogP contribution is 2.25. The van der Waals surface area contributed by atoms with E-state index in [1.54, 1.807) is 0 Å². The van der Waals surface area contributed by atoms with Gasteiger partial charge in [-0.15, -0.1) is 0 Å². The molecule has 14 heavy (non-hydrogen) atoms. The van der Waals surface area contributed by atoms with Crippen LogP contribution in [0.1, 0.15) is 47.5 Å². The fourth-order valence-electron chi connectivity index (χ4n) is 1.73. The quantitative estimate of drug-likeness (QED) is 0.699. The van der Waals surface area contributed by atoms with Gasteiger partial charge in [0.1, 0.15) is 0 Å². The van der Waals surface area contributed by atoms with Gasteiger partial charge in [-0.1, -0.05) is 34.6 Å². The second-order valence-corrected chi connectivity index (χ2v) is 6.01. The predicted octanol–water partition coefficient (Wildman–Crippen LogP) is 3.51. The van der Waals surface area contributed by atoms with Gasteiger partial charge in [0.15, 0.2) is 0 Å². The SMILES string of the molecule is CC(C)C[C@@H](CC(C)(C)C)N(C)C.S. The molecule has 0 fully saturated rings. The first-order valence-electron chi connectivity index (χ1n) is 5.39. The van der Waals surface area contributed by atoms with Gasteiger partial charge in [-0.25, -0.2) is 0 Å². The van der Waals surface area contributed by atoms with Gasteiger partial charge in [0.25, 0.3) is 0 Å². The van der Waals surface area contributed by atoms with Gasteiger partial charge in [-0.3, -0.25) is 0 Å². The van der Waals surface area contributed by atoms with Crippen LogP contribution in [0.2, 0.25) is 0 Å². The van der Waals surface area contributed by atoms with Crippen molar-refractivity contribution in [2.75, 3.05) is 14.1 Å². The van der Waals surface area contributed by atoms with Crippen LogP contribution in [0, 0.1) is 11.3 Å². The van der Waals surface area contributed by atoms with Crippen molar-refractivity contribution >= 4 is 13.5 Å². The van der Waals surface area contributed by atoms with Crippen molar-refractivity contribution in [3.63, 3.8) is 0 Å². The topological polar surface area (TPSA) is 3.24 Å². The molecule has 0 saturated heterocycles. The van der Waals surface area contributed by atoms with E-state index in [1.807, 2.05) is 0 Å². The second-order valence-electron chi connectivity index (χ2n) is 6.01. The van der Waals surface area contributed by atoms with E-state index in [0.29, 0.717) is 5.41 Å². The minimum atomic E-state index is 0. The Labute approximate surface area is 97.7 Å². The normalized spacial score (nSPS) is 14.4. The summed E-state index contributed by atoms with van der Waals surface area (Å²) in [5, 5.41) is 0. The lowest BCUT2D eigenvalue weighted by molar-refractivity contribution is 0.184. The monoisotopic (exact) mass is 219 g/mol. The summed E-state index contributed by atoms with van der Waals surface area (Å²) in [6.45, 7) is 11.6. The van der Waals surface area contributed by atoms with E-state index in [4.69, 9.17) is 0 Å². The fourth-order valence-corrected chi connectivity index (χ4v) is 1.73. The highest BCUT2D eigenvalue weighted by atomic mass is 32.1. The van der Waals surface area contributed by atoms with Crippen molar-refractivity contribution < 1.29 is 0 Å². The Morgan fingerprint density at radius 3 is 1.71 bits per heavy atom. The van der Waals surface area contributed by atoms with Gasteiger partial charge in [0.05, 0.1) is 0 Å². The van der Waals surface area contributed by atoms with Crippen LogP contribution < -0.4 is 0 Å². The molecule has 2 heteroatoms. The summed E-state index contributed by atoms with van der Waals surface area (Å²) in [6.07, 6.45) is 2.60. The molecule has 0 rings (SSSR count). The minimum Gasteiger partial charge on any atom is -0.306 e. The van der Waals surface area contributed by atoms with Crippen LogP contribution in [-0.4, -0.2) is 25.0 Å². The first kappa shape index (κ1) is 16.7. The summed E-state index contributed by atoms with van der Waals surface area (Å²) in [4.78, 5) is 2.37. The molecule has 0 aromatic carbocycles. The third-order valence-corrected chi connectivity index (χ3v) is 2.32. The molecular weight excluding hydrogens is 190 g/mol. The average Bonchev–Trinajstić information content (AvgIpc) is 1.81. The van der Waals surface area contributed by atoms with Crippen molar-refractivity contribution in [1.29, 1.82) is 0 Å². The smallest absolute Gasteiger partial charge is 0.00965 e. The average molecular weight is 219 g/mol. The van der Waals surface area contributed by atoms with Crippen LogP contribution >= 0.6 is 13.5 Å². The van der Waals surface area contributed by atoms with Gasteiger partial charge in [0, 0.05) is 6.04 Å². The Kier molecular flexibility index (Phi) is 8.04. The molecule has 0 aliphatic heterocycles. The maximum atomic E-state index is 2.37. The molecular formula is C12H29NS. The maximum Gasteiger partial charge on any atom is 0.00965 e.